The molecule has 0 radical (unpaired) electrons. The summed E-state index contributed by atoms with van der Waals surface area (Å²) < 4.78 is 12.6. The zero-order chi connectivity index (χ0) is 8.85. The van der Waals surface area contributed by atoms with E-state index in [1.165, 1.54) is 6.08 Å². The lowest BCUT2D eigenvalue weighted by molar-refractivity contribution is 0.648. The van der Waals surface area contributed by atoms with Crippen molar-refractivity contribution >= 4 is 5.71 Å². The average Bonchev–Trinajstić information content (AvgIpc) is 2.02. The van der Waals surface area contributed by atoms with Gasteiger partial charge in [-0.25, -0.2) is 4.39 Å². The number of rotatable bonds is 3. The first-order chi connectivity index (χ1) is 5.11. The average molecular weight is 153 g/mol. The second kappa shape index (κ2) is 4.61. The van der Waals surface area contributed by atoms with Crippen molar-refractivity contribution in [3.05, 3.63) is 36.8 Å². The molecule has 0 aromatic heterocycles. The number of hydrogen-bond acceptors (Lipinski definition) is 1. The van der Waals surface area contributed by atoms with E-state index in [1.807, 2.05) is 0 Å². The molecule has 0 heterocycles. The van der Waals surface area contributed by atoms with Gasteiger partial charge in [-0.3, -0.25) is 4.99 Å². The molecule has 1 nitrogen and oxygen atoms in total. The van der Waals surface area contributed by atoms with E-state index in [-0.39, 0.29) is 5.70 Å². The highest BCUT2D eigenvalue weighted by molar-refractivity contribution is 5.93. The van der Waals surface area contributed by atoms with Gasteiger partial charge in [0, 0.05) is 5.71 Å². The van der Waals surface area contributed by atoms with E-state index in [1.54, 1.807) is 19.9 Å². The molecule has 0 fully saturated rings. The molecule has 0 bridgehead atoms. The van der Waals surface area contributed by atoms with Gasteiger partial charge in [0.05, 0.1) is 5.70 Å². The molecule has 0 N–H and O–H groups in total. The van der Waals surface area contributed by atoms with Crippen LogP contribution in [0.15, 0.2) is 41.8 Å². The first-order valence-electron chi connectivity index (χ1n) is 3.30. The second-order valence-corrected chi connectivity index (χ2v) is 2.04. The Morgan fingerprint density at radius 3 is 2.45 bits per heavy atom. The number of halogens is 1. The monoisotopic (exact) mass is 153 g/mol. The molecule has 60 valence electrons. The van der Waals surface area contributed by atoms with Crippen LogP contribution in [0.5, 0.6) is 0 Å². The summed E-state index contributed by atoms with van der Waals surface area (Å²) in [6, 6.07) is 0. The van der Waals surface area contributed by atoms with Crippen LogP contribution in [0.25, 0.3) is 0 Å². The minimum absolute atomic E-state index is 0.143. The van der Waals surface area contributed by atoms with Gasteiger partial charge in [0.25, 0.3) is 0 Å². The third kappa shape index (κ3) is 3.50. The van der Waals surface area contributed by atoms with Gasteiger partial charge in [-0.2, -0.15) is 0 Å². The van der Waals surface area contributed by atoms with E-state index >= 15 is 0 Å². The Hall–Kier alpha value is -1.18. The fourth-order valence-corrected chi connectivity index (χ4v) is 0.479. The molecule has 0 saturated heterocycles. The summed E-state index contributed by atoms with van der Waals surface area (Å²) in [6.45, 7) is 10.3. The van der Waals surface area contributed by atoms with Crippen molar-refractivity contribution in [3.63, 3.8) is 0 Å². The van der Waals surface area contributed by atoms with Crippen molar-refractivity contribution < 1.29 is 4.39 Å². The maximum absolute atomic E-state index is 12.6. The predicted molar refractivity (Wildman–Crippen MR) is 47.3 cm³/mol. The lowest BCUT2D eigenvalue weighted by atomic mass is 10.3. The topological polar surface area (TPSA) is 12.4 Å². The van der Waals surface area contributed by atoms with E-state index in [4.69, 9.17) is 0 Å². The van der Waals surface area contributed by atoms with Crippen molar-refractivity contribution in [2.75, 3.05) is 0 Å². The molecule has 0 rings (SSSR count). The molecule has 0 aromatic rings. The van der Waals surface area contributed by atoms with Crippen molar-refractivity contribution in [3.8, 4) is 0 Å². The van der Waals surface area contributed by atoms with Gasteiger partial charge in [0.1, 0.15) is 5.83 Å². The van der Waals surface area contributed by atoms with Gasteiger partial charge in [-0.15, -0.1) is 0 Å². The first kappa shape index (κ1) is 9.82. The van der Waals surface area contributed by atoms with Crippen LogP contribution in [-0.4, -0.2) is 5.71 Å². The summed E-state index contributed by atoms with van der Waals surface area (Å²) in [5.74, 6) is -0.397. The summed E-state index contributed by atoms with van der Waals surface area (Å²) in [4.78, 5) is 3.83. The minimum atomic E-state index is -0.397. The molecule has 11 heavy (non-hydrogen) atoms. The lowest BCUT2D eigenvalue weighted by Gasteiger charge is -1.95. The van der Waals surface area contributed by atoms with Crippen LogP contribution in [0.2, 0.25) is 0 Å². The molecular weight excluding hydrogens is 141 g/mol. The third-order valence-electron chi connectivity index (χ3n) is 1.14. The van der Waals surface area contributed by atoms with Gasteiger partial charge in [0.2, 0.25) is 0 Å². The fourth-order valence-electron chi connectivity index (χ4n) is 0.479. The van der Waals surface area contributed by atoms with Crippen LogP contribution in [0.1, 0.15) is 13.8 Å². The van der Waals surface area contributed by atoms with Crippen LogP contribution in [0, 0.1) is 0 Å². The van der Waals surface area contributed by atoms with Crippen molar-refractivity contribution in [2.45, 2.75) is 13.8 Å². The van der Waals surface area contributed by atoms with Crippen LogP contribution in [0.4, 0.5) is 4.39 Å². The van der Waals surface area contributed by atoms with Crippen LogP contribution in [0.3, 0.4) is 0 Å². The Balaban J connectivity index is 4.41. The minimum Gasteiger partial charge on any atom is -0.251 e. The lowest BCUT2D eigenvalue weighted by Crippen LogP contribution is -1.85. The van der Waals surface area contributed by atoms with Gasteiger partial charge in [-0.05, 0) is 26.0 Å². The molecule has 0 aliphatic rings. The smallest absolute Gasteiger partial charge is 0.143 e. The zero-order valence-corrected chi connectivity index (χ0v) is 6.89. The van der Waals surface area contributed by atoms with Crippen LogP contribution < -0.4 is 0 Å². The Kier molecular flexibility index (Phi) is 4.11. The highest BCUT2D eigenvalue weighted by atomic mass is 19.1. The molecule has 0 atom stereocenters. The van der Waals surface area contributed by atoms with Crippen LogP contribution >= 0.6 is 0 Å². The normalized spacial score (nSPS) is 13.0. The summed E-state index contributed by atoms with van der Waals surface area (Å²) in [6.07, 6.45) is 2.87. The Morgan fingerprint density at radius 2 is 2.09 bits per heavy atom. The number of nitrogens with zero attached hydrogens (tertiary/aromatic N) is 1. The van der Waals surface area contributed by atoms with Crippen molar-refractivity contribution in [2.24, 2.45) is 4.99 Å². The maximum Gasteiger partial charge on any atom is 0.143 e. The fraction of sp³-hybridized carbons (Fsp3) is 0.222. The molecule has 2 heteroatoms. The Bertz CT molecular complexity index is 224. The molecule has 0 unspecified atom stereocenters. The zero-order valence-electron chi connectivity index (χ0n) is 6.89. The SMILES string of the molecule is C=CC(C)=NC(=C)/C(F)=C\C. The Morgan fingerprint density at radius 1 is 1.55 bits per heavy atom. The molecule has 0 spiro atoms. The standard InChI is InChI=1S/C9H12FN/c1-5-7(3)11-8(4)9(10)6-2/h5-6H,1,4H2,2-3H3/b9-6+,11-7?. The largest absolute Gasteiger partial charge is 0.251 e. The molecule has 0 saturated carbocycles. The number of hydrogen-bond donors (Lipinski definition) is 0. The van der Waals surface area contributed by atoms with E-state index < -0.39 is 5.83 Å². The van der Waals surface area contributed by atoms with Gasteiger partial charge >= 0.3 is 0 Å². The molecule has 0 amide bonds. The molecular formula is C9H12FN. The number of allylic oxidation sites excluding steroid dienone is 3. The summed E-state index contributed by atoms with van der Waals surface area (Å²) in [5, 5.41) is 0. The first-order valence-corrected chi connectivity index (χ1v) is 3.30. The highest BCUT2D eigenvalue weighted by Gasteiger charge is 1.96. The maximum atomic E-state index is 12.6. The molecule has 0 aromatic carbocycles. The highest BCUT2D eigenvalue weighted by Crippen LogP contribution is 2.10. The van der Waals surface area contributed by atoms with E-state index in [0.717, 1.165) is 0 Å². The quantitative estimate of drug-likeness (QED) is 0.436. The van der Waals surface area contributed by atoms with Crippen molar-refractivity contribution in [1.29, 1.82) is 0 Å². The summed E-state index contributed by atoms with van der Waals surface area (Å²) in [5.41, 5.74) is 0.803. The molecule has 0 aliphatic carbocycles. The van der Waals surface area contributed by atoms with E-state index in [2.05, 4.69) is 18.2 Å². The summed E-state index contributed by atoms with van der Waals surface area (Å²) >= 11 is 0. The van der Waals surface area contributed by atoms with Crippen molar-refractivity contribution in [1.82, 2.24) is 0 Å². The van der Waals surface area contributed by atoms with E-state index in [0.29, 0.717) is 5.71 Å². The number of aliphatic imine (C=N–C) groups is 1. The van der Waals surface area contributed by atoms with Crippen LogP contribution in [-0.2, 0) is 0 Å². The summed E-state index contributed by atoms with van der Waals surface area (Å²) in [7, 11) is 0. The second-order valence-electron chi connectivity index (χ2n) is 2.04. The van der Waals surface area contributed by atoms with Gasteiger partial charge in [-0.1, -0.05) is 13.2 Å². The van der Waals surface area contributed by atoms with Gasteiger partial charge in [0.15, 0.2) is 0 Å². The van der Waals surface area contributed by atoms with E-state index in [9.17, 15) is 4.39 Å². The van der Waals surface area contributed by atoms with Gasteiger partial charge < -0.3 is 0 Å². The predicted octanol–water partition coefficient (Wildman–Crippen LogP) is 3.02. The molecule has 0 aliphatic heterocycles. The Labute approximate surface area is 66.7 Å². The third-order valence-corrected chi connectivity index (χ3v) is 1.14.